The van der Waals surface area contributed by atoms with Crippen molar-refractivity contribution >= 4 is 37.6 Å². The van der Waals surface area contributed by atoms with Crippen LogP contribution < -0.4 is 4.31 Å². The van der Waals surface area contributed by atoms with Gasteiger partial charge in [0.05, 0.1) is 28.6 Å². The lowest BCUT2D eigenvalue weighted by atomic mass is 10.2. The van der Waals surface area contributed by atoms with Gasteiger partial charge in [-0.2, -0.15) is 0 Å². The monoisotopic (exact) mass is 409 g/mol. The molecule has 0 aliphatic heterocycles. The number of rotatable bonds is 6. The normalized spacial score (nSPS) is 12.1. The maximum atomic E-state index is 13.7. The van der Waals surface area contributed by atoms with Crippen molar-refractivity contribution in [3.63, 3.8) is 0 Å². The van der Waals surface area contributed by atoms with Crippen molar-refractivity contribution in [2.24, 2.45) is 7.05 Å². The highest BCUT2D eigenvalue weighted by Gasteiger charge is 2.27. The summed E-state index contributed by atoms with van der Waals surface area (Å²) in [5, 5.41) is 0.793. The molecule has 150 valence electrons. The second kappa shape index (κ2) is 7.46. The van der Waals surface area contributed by atoms with E-state index in [1.54, 1.807) is 30.7 Å². The molecule has 4 aromatic rings. The summed E-state index contributed by atoms with van der Waals surface area (Å²) in [5.74, 6) is 0. The molecule has 0 aliphatic rings. The largest absolute Gasteiger partial charge is 0.334 e. The van der Waals surface area contributed by atoms with Crippen LogP contribution in [0.15, 0.2) is 66.0 Å². The maximum absolute atomic E-state index is 13.7. The molecule has 0 aliphatic carbocycles. The van der Waals surface area contributed by atoms with Crippen LogP contribution in [0.25, 0.3) is 21.9 Å². The van der Waals surface area contributed by atoms with Gasteiger partial charge in [0, 0.05) is 31.7 Å². The highest BCUT2D eigenvalue weighted by atomic mass is 32.2. The van der Waals surface area contributed by atoms with Gasteiger partial charge in [0.2, 0.25) is 0 Å². The van der Waals surface area contributed by atoms with Crippen molar-refractivity contribution in [1.82, 2.24) is 19.4 Å². The average molecular weight is 410 g/mol. The van der Waals surface area contributed by atoms with Crippen LogP contribution in [0.4, 0.5) is 5.69 Å². The van der Waals surface area contributed by atoms with Gasteiger partial charge < -0.3 is 9.47 Å². The highest BCUT2D eigenvalue weighted by molar-refractivity contribution is 7.93. The minimum atomic E-state index is -3.83. The van der Waals surface area contributed by atoms with Gasteiger partial charge in [0.1, 0.15) is 4.90 Å². The first-order valence-corrected chi connectivity index (χ1v) is 10.7. The first kappa shape index (κ1) is 19.4. The van der Waals surface area contributed by atoms with E-state index in [-0.39, 0.29) is 4.90 Å². The van der Waals surface area contributed by atoms with Gasteiger partial charge in [0.15, 0.2) is 0 Å². The van der Waals surface area contributed by atoms with Crippen LogP contribution in [-0.4, -0.2) is 55.0 Å². The molecule has 0 atom stereocenters. The van der Waals surface area contributed by atoms with E-state index in [1.165, 1.54) is 4.31 Å². The van der Waals surface area contributed by atoms with Crippen LogP contribution in [-0.2, 0) is 17.1 Å². The Hall–Kier alpha value is -2.97. The first-order valence-electron chi connectivity index (χ1n) is 9.30. The third-order valence-corrected chi connectivity index (χ3v) is 6.77. The number of anilines is 1. The SMILES string of the molecule is CN(C)CCN(c1ccc2c(c1)ncn2C)S(=O)(=O)c1cccc2cccnc12. The number of aromatic nitrogens is 3. The van der Waals surface area contributed by atoms with Crippen LogP contribution in [0.2, 0.25) is 0 Å². The Morgan fingerprint density at radius 1 is 1.00 bits per heavy atom. The smallest absolute Gasteiger partial charge is 0.266 e. The van der Waals surface area contributed by atoms with Gasteiger partial charge in [-0.05, 0) is 44.4 Å². The number of imidazole rings is 1. The molecular formula is C21H23N5O2S. The van der Waals surface area contributed by atoms with E-state index in [4.69, 9.17) is 0 Å². The lowest BCUT2D eigenvalue weighted by Crippen LogP contribution is -2.37. The van der Waals surface area contributed by atoms with Gasteiger partial charge >= 0.3 is 0 Å². The zero-order chi connectivity index (χ0) is 20.6. The van der Waals surface area contributed by atoms with Gasteiger partial charge in [-0.3, -0.25) is 9.29 Å². The summed E-state index contributed by atoms with van der Waals surface area (Å²) in [7, 11) is 1.93. The average Bonchev–Trinajstić information content (AvgIpc) is 3.07. The van der Waals surface area contributed by atoms with E-state index in [0.717, 1.165) is 16.4 Å². The van der Waals surface area contributed by atoms with Gasteiger partial charge in [-0.1, -0.05) is 18.2 Å². The van der Waals surface area contributed by atoms with E-state index in [2.05, 4.69) is 9.97 Å². The molecule has 2 heterocycles. The van der Waals surface area contributed by atoms with Crippen molar-refractivity contribution in [2.45, 2.75) is 4.90 Å². The molecule has 0 spiro atoms. The number of hydrogen-bond donors (Lipinski definition) is 0. The third kappa shape index (κ3) is 3.56. The van der Waals surface area contributed by atoms with Crippen molar-refractivity contribution in [1.29, 1.82) is 0 Å². The van der Waals surface area contributed by atoms with Crippen molar-refractivity contribution in [2.75, 3.05) is 31.5 Å². The number of para-hydroxylation sites is 1. The molecule has 0 saturated carbocycles. The second-order valence-electron chi connectivity index (χ2n) is 7.24. The lowest BCUT2D eigenvalue weighted by Gasteiger charge is -2.26. The summed E-state index contributed by atoms with van der Waals surface area (Å²) in [4.78, 5) is 10.9. The Bertz CT molecular complexity index is 1280. The zero-order valence-electron chi connectivity index (χ0n) is 16.6. The number of sulfonamides is 1. The molecule has 0 amide bonds. The number of fused-ring (bicyclic) bond motifs is 2. The van der Waals surface area contributed by atoms with Crippen LogP contribution in [0, 0.1) is 0 Å². The second-order valence-corrected chi connectivity index (χ2v) is 9.07. The zero-order valence-corrected chi connectivity index (χ0v) is 17.5. The first-order chi connectivity index (χ1) is 13.9. The van der Waals surface area contributed by atoms with Crippen LogP contribution >= 0.6 is 0 Å². The topological polar surface area (TPSA) is 71.3 Å². The number of benzene rings is 2. The van der Waals surface area contributed by atoms with Gasteiger partial charge in [-0.15, -0.1) is 0 Å². The van der Waals surface area contributed by atoms with Crippen molar-refractivity contribution in [3.8, 4) is 0 Å². The Morgan fingerprint density at radius 3 is 2.59 bits per heavy atom. The fourth-order valence-electron chi connectivity index (χ4n) is 3.36. The molecule has 7 nitrogen and oxygen atoms in total. The molecule has 2 aromatic heterocycles. The van der Waals surface area contributed by atoms with E-state index in [0.29, 0.717) is 24.3 Å². The predicted octanol–water partition coefficient (Wildman–Crippen LogP) is 2.88. The third-order valence-electron chi connectivity index (χ3n) is 4.91. The molecule has 0 saturated heterocycles. The van der Waals surface area contributed by atoms with E-state index >= 15 is 0 Å². The molecule has 0 fully saturated rings. The van der Waals surface area contributed by atoms with Gasteiger partial charge in [0.25, 0.3) is 10.0 Å². The molecule has 4 rings (SSSR count). The van der Waals surface area contributed by atoms with Crippen molar-refractivity contribution in [3.05, 3.63) is 61.1 Å². The summed E-state index contributed by atoms with van der Waals surface area (Å²) >= 11 is 0. The number of hydrogen-bond acceptors (Lipinski definition) is 5. The lowest BCUT2D eigenvalue weighted by molar-refractivity contribution is 0.419. The summed E-state index contributed by atoms with van der Waals surface area (Å²) in [6.45, 7) is 0.897. The number of likely N-dealkylation sites (N-methyl/N-ethyl adjacent to an activating group) is 1. The fraction of sp³-hybridized carbons (Fsp3) is 0.238. The number of pyridine rings is 1. The van der Waals surface area contributed by atoms with Crippen LogP contribution in [0.3, 0.4) is 0 Å². The standard InChI is InChI=1S/C21H23N5O2S/c1-24(2)12-13-26(17-9-10-19-18(14-17)23-15-25(19)3)29(27,28)20-8-4-6-16-7-5-11-22-21(16)20/h4-11,14-15H,12-13H2,1-3H3. The molecule has 0 bridgehead atoms. The number of aryl methyl sites for hydroxylation is 1. The predicted molar refractivity (Wildman–Crippen MR) is 116 cm³/mol. The molecule has 2 aromatic carbocycles. The molecule has 0 radical (unpaired) electrons. The Morgan fingerprint density at radius 2 is 1.79 bits per heavy atom. The van der Waals surface area contributed by atoms with E-state index < -0.39 is 10.0 Å². The Balaban J connectivity index is 1.87. The van der Waals surface area contributed by atoms with Crippen LogP contribution in [0.1, 0.15) is 0 Å². The molecule has 0 unspecified atom stereocenters. The molecule has 8 heteroatoms. The molecule has 0 N–H and O–H groups in total. The Kier molecular flexibility index (Phi) is 4.97. The number of nitrogens with zero attached hydrogens (tertiary/aromatic N) is 5. The van der Waals surface area contributed by atoms with Crippen LogP contribution in [0.5, 0.6) is 0 Å². The fourth-order valence-corrected chi connectivity index (χ4v) is 4.98. The summed E-state index contributed by atoms with van der Waals surface area (Å²) in [6.07, 6.45) is 3.34. The van der Waals surface area contributed by atoms with E-state index in [9.17, 15) is 8.42 Å². The minimum Gasteiger partial charge on any atom is -0.334 e. The quantitative estimate of drug-likeness (QED) is 0.490. The summed E-state index contributed by atoms with van der Waals surface area (Å²) in [6, 6.07) is 14.5. The maximum Gasteiger partial charge on any atom is 0.266 e. The summed E-state index contributed by atoms with van der Waals surface area (Å²) in [5.41, 5.74) is 2.77. The van der Waals surface area contributed by atoms with Crippen molar-refractivity contribution < 1.29 is 8.42 Å². The van der Waals surface area contributed by atoms with E-state index in [1.807, 2.05) is 60.9 Å². The highest BCUT2D eigenvalue weighted by Crippen LogP contribution is 2.29. The molecular weight excluding hydrogens is 386 g/mol. The van der Waals surface area contributed by atoms with Gasteiger partial charge in [-0.25, -0.2) is 13.4 Å². The minimum absolute atomic E-state index is 0.204. The Labute approximate surface area is 170 Å². The molecule has 29 heavy (non-hydrogen) atoms. The summed E-state index contributed by atoms with van der Waals surface area (Å²) < 4.78 is 30.8.